The van der Waals surface area contributed by atoms with Crippen molar-refractivity contribution < 1.29 is 4.74 Å². The summed E-state index contributed by atoms with van der Waals surface area (Å²) in [5.74, 6) is 8.49. The van der Waals surface area contributed by atoms with Crippen molar-refractivity contribution in [2.75, 3.05) is 6.61 Å². The van der Waals surface area contributed by atoms with E-state index >= 15 is 0 Å². The third-order valence-electron chi connectivity index (χ3n) is 6.24. The second-order valence-corrected chi connectivity index (χ2v) is 7.51. The Morgan fingerprint density at radius 3 is 2.19 bits per heavy atom. The predicted molar refractivity (Wildman–Crippen MR) is 88.8 cm³/mol. The summed E-state index contributed by atoms with van der Waals surface area (Å²) >= 11 is 0. The SMILES string of the molecule is CCOC1(C(NN)C2CCC(CC)CC2)CCC(C)CC1. The minimum Gasteiger partial charge on any atom is -0.374 e. The van der Waals surface area contributed by atoms with Crippen LogP contribution in [0.3, 0.4) is 0 Å². The van der Waals surface area contributed by atoms with Crippen molar-refractivity contribution in [3.05, 3.63) is 0 Å². The molecule has 3 N–H and O–H groups in total. The van der Waals surface area contributed by atoms with Crippen molar-refractivity contribution in [2.24, 2.45) is 23.6 Å². The summed E-state index contributed by atoms with van der Waals surface area (Å²) in [6.45, 7) is 7.62. The molecule has 0 radical (unpaired) electrons. The van der Waals surface area contributed by atoms with Gasteiger partial charge in [-0.05, 0) is 63.2 Å². The fourth-order valence-electron chi connectivity index (χ4n) is 4.73. The van der Waals surface area contributed by atoms with E-state index in [0.717, 1.165) is 18.4 Å². The van der Waals surface area contributed by atoms with Crippen LogP contribution >= 0.6 is 0 Å². The summed E-state index contributed by atoms with van der Waals surface area (Å²) in [6, 6.07) is 0.336. The van der Waals surface area contributed by atoms with Gasteiger partial charge in [0, 0.05) is 6.61 Å². The first kappa shape index (κ1) is 17.2. The van der Waals surface area contributed by atoms with Gasteiger partial charge in [0.15, 0.2) is 0 Å². The number of ether oxygens (including phenoxy) is 1. The zero-order chi connectivity index (χ0) is 15.3. The molecule has 124 valence electrons. The smallest absolute Gasteiger partial charge is 0.0850 e. The molecule has 0 aromatic rings. The minimum atomic E-state index is -0.0142. The molecule has 2 fully saturated rings. The lowest BCUT2D eigenvalue weighted by molar-refractivity contribution is -0.112. The molecule has 2 saturated carbocycles. The van der Waals surface area contributed by atoms with Gasteiger partial charge < -0.3 is 4.74 Å². The standard InChI is InChI=1S/C18H36N2O/c1-4-15-6-8-16(9-7-15)17(20-19)18(21-5-2)12-10-14(3)11-13-18/h14-17,20H,4-13,19H2,1-3H3. The maximum atomic E-state index is 6.34. The lowest BCUT2D eigenvalue weighted by Crippen LogP contribution is -2.60. The normalized spacial score (nSPS) is 39.1. The highest BCUT2D eigenvalue weighted by molar-refractivity contribution is 4.99. The average Bonchev–Trinajstić information content (AvgIpc) is 2.52. The first-order valence-corrected chi connectivity index (χ1v) is 9.25. The van der Waals surface area contributed by atoms with Crippen LogP contribution in [0.4, 0.5) is 0 Å². The van der Waals surface area contributed by atoms with Crippen LogP contribution in [0.25, 0.3) is 0 Å². The third-order valence-corrected chi connectivity index (χ3v) is 6.24. The van der Waals surface area contributed by atoms with Crippen LogP contribution in [0.2, 0.25) is 0 Å². The van der Waals surface area contributed by atoms with Crippen LogP contribution in [-0.4, -0.2) is 18.2 Å². The second kappa shape index (κ2) is 7.94. The molecule has 0 saturated heterocycles. The number of hydrogen-bond acceptors (Lipinski definition) is 3. The molecule has 0 bridgehead atoms. The molecule has 2 rings (SSSR count). The Morgan fingerprint density at radius 1 is 1.10 bits per heavy atom. The van der Waals surface area contributed by atoms with Crippen LogP contribution < -0.4 is 11.3 Å². The Bertz CT molecular complexity index is 292. The van der Waals surface area contributed by atoms with Crippen molar-refractivity contribution in [3.8, 4) is 0 Å². The summed E-state index contributed by atoms with van der Waals surface area (Å²) in [5.41, 5.74) is 3.18. The Morgan fingerprint density at radius 2 is 1.71 bits per heavy atom. The summed E-state index contributed by atoms with van der Waals surface area (Å²) in [6.07, 6.45) is 11.6. The molecular formula is C18H36N2O. The average molecular weight is 296 g/mol. The molecule has 0 spiro atoms. The Labute approximate surface area is 131 Å². The maximum Gasteiger partial charge on any atom is 0.0850 e. The van der Waals surface area contributed by atoms with E-state index in [1.165, 1.54) is 57.8 Å². The van der Waals surface area contributed by atoms with E-state index in [9.17, 15) is 0 Å². The van der Waals surface area contributed by atoms with Crippen LogP contribution in [0.5, 0.6) is 0 Å². The van der Waals surface area contributed by atoms with Gasteiger partial charge in [-0.3, -0.25) is 11.3 Å². The summed E-state index contributed by atoms with van der Waals surface area (Å²) in [4.78, 5) is 0. The van der Waals surface area contributed by atoms with Gasteiger partial charge in [0.1, 0.15) is 0 Å². The fourth-order valence-corrected chi connectivity index (χ4v) is 4.73. The third kappa shape index (κ3) is 4.00. The van der Waals surface area contributed by atoms with E-state index < -0.39 is 0 Å². The topological polar surface area (TPSA) is 47.3 Å². The van der Waals surface area contributed by atoms with Crippen molar-refractivity contribution >= 4 is 0 Å². The highest BCUT2D eigenvalue weighted by atomic mass is 16.5. The summed E-state index contributed by atoms with van der Waals surface area (Å²) in [7, 11) is 0. The van der Waals surface area contributed by atoms with Crippen LogP contribution in [0.1, 0.15) is 78.6 Å². The van der Waals surface area contributed by atoms with Gasteiger partial charge in [-0.1, -0.05) is 33.1 Å². The van der Waals surface area contributed by atoms with Crippen molar-refractivity contribution in [1.29, 1.82) is 0 Å². The first-order chi connectivity index (χ1) is 10.1. The Balaban J connectivity index is 2.05. The summed E-state index contributed by atoms with van der Waals surface area (Å²) in [5, 5.41) is 0. The zero-order valence-electron chi connectivity index (χ0n) is 14.4. The Kier molecular flexibility index (Phi) is 6.51. The molecule has 0 aromatic heterocycles. The second-order valence-electron chi connectivity index (χ2n) is 7.51. The van der Waals surface area contributed by atoms with E-state index in [1.807, 2.05) is 0 Å². The molecule has 0 heterocycles. The molecule has 0 aromatic carbocycles. The first-order valence-electron chi connectivity index (χ1n) is 9.25. The molecule has 3 nitrogen and oxygen atoms in total. The molecule has 1 atom stereocenters. The van der Waals surface area contributed by atoms with E-state index in [4.69, 9.17) is 10.6 Å². The quantitative estimate of drug-likeness (QED) is 0.575. The van der Waals surface area contributed by atoms with Gasteiger partial charge in [0.2, 0.25) is 0 Å². The van der Waals surface area contributed by atoms with Crippen LogP contribution in [-0.2, 0) is 4.74 Å². The van der Waals surface area contributed by atoms with E-state index in [-0.39, 0.29) is 5.60 Å². The zero-order valence-corrected chi connectivity index (χ0v) is 14.4. The number of rotatable bonds is 6. The maximum absolute atomic E-state index is 6.34. The van der Waals surface area contributed by atoms with Gasteiger partial charge in [-0.25, -0.2) is 0 Å². The highest BCUT2D eigenvalue weighted by Crippen LogP contribution is 2.43. The van der Waals surface area contributed by atoms with E-state index in [0.29, 0.717) is 12.0 Å². The molecule has 21 heavy (non-hydrogen) atoms. The highest BCUT2D eigenvalue weighted by Gasteiger charge is 2.45. The van der Waals surface area contributed by atoms with Gasteiger partial charge in [0.25, 0.3) is 0 Å². The predicted octanol–water partition coefficient (Wildman–Crippen LogP) is 4.02. The van der Waals surface area contributed by atoms with Crippen LogP contribution in [0.15, 0.2) is 0 Å². The molecule has 2 aliphatic rings. The fraction of sp³-hybridized carbons (Fsp3) is 1.00. The van der Waals surface area contributed by atoms with Crippen molar-refractivity contribution in [2.45, 2.75) is 90.2 Å². The molecular weight excluding hydrogens is 260 g/mol. The lowest BCUT2D eigenvalue weighted by Gasteiger charge is -2.48. The van der Waals surface area contributed by atoms with Gasteiger partial charge in [-0.2, -0.15) is 0 Å². The van der Waals surface area contributed by atoms with Crippen molar-refractivity contribution in [3.63, 3.8) is 0 Å². The Hall–Kier alpha value is -0.120. The van der Waals surface area contributed by atoms with Gasteiger partial charge in [-0.15, -0.1) is 0 Å². The minimum absolute atomic E-state index is 0.0142. The molecule has 3 heteroatoms. The van der Waals surface area contributed by atoms with E-state index in [2.05, 4.69) is 26.2 Å². The monoisotopic (exact) mass is 296 g/mol. The molecule has 0 amide bonds. The van der Waals surface area contributed by atoms with E-state index in [1.54, 1.807) is 0 Å². The number of hydrogen-bond donors (Lipinski definition) is 2. The van der Waals surface area contributed by atoms with Gasteiger partial charge >= 0.3 is 0 Å². The van der Waals surface area contributed by atoms with Gasteiger partial charge in [0.05, 0.1) is 11.6 Å². The van der Waals surface area contributed by atoms with Crippen LogP contribution in [0, 0.1) is 17.8 Å². The number of nitrogens with two attached hydrogens (primary N) is 1. The molecule has 0 aliphatic heterocycles. The number of nitrogens with one attached hydrogen (secondary N) is 1. The molecule has 2 aliphatic carbocycles. The molecule has 1 unspecified atom stereocenters. The van der Waals surface area contributed by atoms with Crippen molar-refractivity contribution in [1.82, 2.24) is 5.43 Å². The largest absolute Gasteiger partial charge is 0.374 e. The lowest BCUT2D eigenvalue weighted by atomic mass is 9.67. The number of hydrazine groups is 1. The summed E-state index contributed by atoms with van der Waals surface area (Å²) < 4.78 is 6.34.